The number of fused-ring (bicyclic) bond motifs is 2. The summed E-state index contributed by atoms with van der Waals surface area (Å²) in [4.78, 5) is 45.1. The van der Waals surface area contributed by atoms with Gasteiger partial charge in [0.15, 0.2) is 5.82 Å². The number of ether oxygens (including phenoxy) is 1. The summed E-state index contributed by atoms with van der Waals surface area (Å²) in [5.74, 6) is 1.40. The number of pyridine rings is 2. The number of carbonyl (C=O) groups is 2. The zero-order valence-corrected chi connectivity index (χ0v) is 24.8. The van der Waals surface area contributed by atoms with Gasteiger partial charge in [0.2, 0.25) is 0 Å². The Hall–Kier alpha value is -5.88. The molecule has 2 fully saturated rings. The van der Waals surface area contributed by atoms with E-state index in [1.165, 1.54) is 0 Å². The number of hydrogen-bond acceptors (Lipinski definition) is 8. The van der Waals surface area contributed by atoms with E-state index in [1.807, 2.05) is 54.6 Å². The molecular weight excluding hydrogens is 582 g/mol. The zero-order valence-electron chi connectivity index (χ0n) is 24.8. The molecule has 5 aromatic rings. The summed E-state index contributed by atoms with van der Waals surface area (Å²) >= 11 is 0. The van der Waals surface area contributed by atoms with Gasteiger partial charge in [-0.05, 0) is 73.5 Å². The standard InChI is InChI=1S/C34H31N9O3/c44-33(39-26-11-15-35-16-12-26)37-24-5-1-22(2-6-24)30-19-31(43-20-28-9-10-29(21-43)46-28)42-32(41-30)23-3-7-25(8-4-23)38-34(45)40-27-13-17-36-18-14-27/h1-8,11-19,28-29H,9-10,20-21H2,(H2,35,37,39,44)(H2,36,38,40,45). The third-order valence-electron chi connectivity index (χ3n) is 7.80. The van der Waals surface area contributed by atoms with Crippen molar-refractivity contribution in [2.45, 2.75) is 25.0 Å². The Morgan fingerprint density at radius 1 is 0.609 bits per heavy atom. The van der Waals surface area contributed by atoms with Crippen LogP contribution in [0.4, 0.5) is 38.2 Å². The highest BCUT2D eigenvalue weighted by Gasteiger charge is 2.34. The molecule has 0 radical (unpaired) electrons. The normalized spacial score (nSPS) is 16.8. The lowest BCUT2D eigenvalue weighted by Gasteiger charge is -2.33. The first kappa shape index (κ1) is 28.9. The van der Waals surface area contributed by atoms with Gasteiger partial charge in [-0.2, -0.15) is 0 Å². The minimum Gasteiger partial charge on any atom is -0.371 e. The minimum absolute atomic E-state index is 0.202. The fourth-order valence-corrected chi connectivity index (χ4v) is 5.56. The molecule has 0 saturated carbocycles. The minimum atomic E-state index is -0.353. The quantitative estimate of drug-likeness (QED) is 0.168. The highest BCUT2D eigenvalue weighted by Crippen LogP contribution is 2.32. The van der Waals surface area contributed by atoms with E-state index >= 15 is 0 Å². The van der Waals surface area contributed by atoms with E-state index < -0.39 is 0 Å². The number of carbonyl (C=O) groups excluding carboxylic acids is 2. The zero-order chi connectivity index (χ0) is 31.3. The summed E-state index contributed by atoms with van der Waals surface area (Å²) < 4.78 is 6.07. The molecule has 2 aromatic carbocycles. The number of nitrogens with one attached hydrogen (secondary N) is 4. The highest BCUT2D eigenvalue weighted by molar-refractivity contribution is 6.00. The summed E-state index contributed by atoms with van der Waals surface area (Å²) in [5, 5.41) is 11.3. The van der Waals surface area contributed by atoms with Crippen molar-refractivity contribution in [1.82, 2.24) is 19.9 Å². The molecule has 2 atom stereocenters. The lowest BCUT2D eigenvalue weighted by atomic mass is 10.1. The van der Waals surface area contributed by atoms with Crippen molar-refractivity contribution in [3.63, 3.8) is 0 Å². The number of morpholine rings is 1. The van der Waals surface area contributed by atoms with E-state index in [0.29, 0.717) is 28.6 Å². The van der Waals surface area contributed by atoms with E-state index in [1.54, 1.807) is 49.1 Å². The van der Waals surface area contributed by atoms with Gasteiger partial charge < -0.3 is 30.9 Å². The van der Waals surface area contributed by atoms with Gasteiger partial charge in [0.05, 0.1) is 17.9 Å². The number of rotatable bonds is 7. The maximum Gasteiger partial charge on any atom is 0.323 e. The Bertz CT molecular complexity index is 1690. The third kappa shape index (κ3) is 6.92. The molecule has 4 N–H and O–H groups in total. The molecule has 2 bridgehead atoms. The molecule has 2 aliphatic heterocycles. The first-order chi connectivity index (χ1) is 22.5. The monoisotopic (exact) mass is 613 g/mol. The van der Waals surface area contributed by atoms with Crippen molar-refractivity contribution in [3.8, 4) is 22.6 Å². The Morgan fingerprint density at radius 3 is 1.57 bits per heavy atom. The van der Waals surface area contributed by atoms with Crippen LogP contribution in [0.5, 0.6) is 0 Å². The van der Waals surface area contributed by atoms with Gasteiger partial charge in [0.25, 0.3) is 0 Å². The molecule has 12 heteroatoms. The predicted octanol–water partition coefficient (Wildman–Crippen LogP) is 6.26. The maximum absolute atomic E-state index is 12.5. The second kappa shape index (κ2) is 13.0. The van der Waals surface area contributed by atoms with E-state index in [4.69, 9.17) is 14.7 Å². The van der Waals surface area contributed by atoms with Crippen LogP contribution in [0.1, 0.15) is 12.8 Å². The summed E-state index contributed by atoms with van der Waals surface area (Å²) in [6.45, 7) is 1.55. The van der Waals surface area contributed by atoms with E-state index in [2.05, 4.69) is 36.1 Å². The van der Waals surface area contributed by atoms with E-state index in [9.17, 15) is 9.59 Å². The second-order valence-electron chi connectivity index (χ2n) is 11.1. The van der Waals surface area contributed by atoms with Crippen LogP contribution >= 0.6 is 0 Å². The molecule has 7 rings (SSSR count). The lowest BCUT2D eigenvalue weighted by molar-refractivity contribution is 0.0302. The number of anilines is 5. The summed E-state index contributed by atoms with van der Waals surface area (Å²) in [7, 11) is 0. The Labute approximate surface area is 265 Å². The van der Waals surface area contributed by atoms with Crippen LogP contribution < -0.4 is 26.2 Å². The predicted molar refractivity (Wildman–Crippen MR) is 177 cm³/mol. The molecule has 12 nitrogen and oxygen atoms in total. The second-order valence-corrected chi connectivity index (χ2v) is 11.1. The molecule has 2 saturated heterocycles. The first-order valence-corrected chi connectivity index (χ1v) is 15.0. The molecule has 3 aromatic heterocycles. The highest BCUT2D eigenvalue weighted by atomic mass is 16.5. The molecule has 4 amide bonds. The van der Waals surface area contributed by atoms with Gasteiger partial charge in [0, 0.05) is 77.8 Å². The molecule has 5 heterocycles. The van der Waals surface area contributed by atoms with Crippen molar-refractivity contribution >= 4 is 40.6 Å². The number of aromatic nitrogens is 4. The van der Waals surface area contributed by atoms with Gasteiger partial charge >= 0.3 is 12.1 Å². The molecule has 2 aliphatic rings. The van der Waals surface area contributed by atoms with Crippen molar-refractivity contribution < 1.29 is 14.3 Å². The van der Waals surface area contributed by atoms with Gasteiger partial charge in [-0.1, -0.05) is 12.1 Å². The number of nitrogens with zero attached hydrogens (tertiary/aromatic N) is 5. The largest absolute Gasteiger partial charge is 0.371 e. The lowest BCUT2D eigenvalue weighted by Crippen LogP contribution is -2.43. The smallest absolute Gasteiger partial charge is 0.323 e. The van der Waals surface area contributed by atoms with Gasteiger partial charge in [-0.25, -0.2) is 19.6 Å². The Balaban J connectivity index is 1.11. The van der Waals surface area contributed by atoms with Gasteiger partial charge in [-0.15, -0.1) is 0 Å². The SMILES string of the molecule is O=C(Nc1ccncc1)Nc1ccc(-c2cc(N3CC4CCC(C3)O4)nc(-c3ccc(NC(=O)Nc4ccncc4)cc3)n2)cc1. The van der Waals surface area contributed by atoms with Crippen molar-refractivity contribution in [2.24, 2.45) is 0 Å². The van der Waals surface area contributed by atoms with Crippen molar-refractivity contribution in [3.05, 3.63) is 104 Å². The fourth-order valence-electron chi connectivity index (χ4n) is 5.56. The average molecular weight is 614 g/mol. The topological polar surface area (TPSA) is 146 Å². The van der Waals surface area contributed by atoms with Gasteiger partial charge in [-0.3, -0.25) is 9.97 Å². The van der Waals surface area contributed by atoms with Crippen LogP contribution in [-0.4, -0.2) is 57.3 Å². The molecule has 0 spiro atoms. The van der Waals surface area contributed by atoms with E-state index in [0.717, 1.165) is 48.6 Å². The van der Waals surface area contributed by atoms with Crippen LogP contribution in [0, 0.1) is 0 Å². The van der Waals surface area contributed by atoms with Crippen LogP contribution in [0.3, 0.4) is 0 Å². The number of hydrogen-bond donors (Lipinski definition) is 4. The number of benzene rings is 2. The fraction of sp³-hybridized carbons (Fsp3) is 0.176. The summed E-state index contributed by atoms with van der Waals surface area (Å²) in [5.41, 5.74) is 5.02. The number of amides is 4. The van der Waals surface area contributed by atoms with Gasteiger partial charge in [0.1, 0.15) is 5.82 Å². The molecule has 0 aliphatic carbocycles. The summed E-state index contributed by atoms with van der Waals surface area (Å²) in [6.07, 6.45) is 8.97. The molecule has 2 unspecified atom stereocenters. The average Bonchev–Trinajstić information content (AvgIpc) is 3.42. The van der Waals surface area contributed by atoms with Crippen molar-refractivity contribution in [1.29, 1.82) is 0 Å². The summed E-state index contributed by atoms with van der Waals surface area (Å²) in [6, 6.07) is 23.1. The van der Waals surface area contributed by atoms with Crippen molar-refractivity contribution in [2.75, 3.05) is 39.3 Å². The van der Waals surface area contributed by atoms with Crippen LogP contribution in [0.25, 0.3) is 22.6 Å². The van der Waals surface area contributed by atoms with Crippen LogP contribution in [-0.2, 0) is 4.74 Å². The van der Waals surface area contributed by atoms with Crippen LogP contribution in [0.15, 0.2) is 104 Å². The Morgan fingerprint density at radius 2 is 1.07 bits per heavy atom. The molecular formula is C34H31N9O3. The third-order valence-corrected chi connectivity index (χ3v) is 7.80. The molecule has 46 heavy (non-hydrogen) atoms. The van der Waals surface area contributed by atoms with Crippen LogP contribution in [0.2, 0.25) is 0 Å². The maximum atomic E-state index is 12.5. The first-order valence-electron chi connectivity index (χ1n) is 15.0. The number of urea groups is 2. The molecule has 230 valence electrons. The Kier molecular flexibility index (Phi) is 8.16. The van der Waals surface area contributed by atoms with E-state index in [-0.39, 0.29) is 24.3 Å².